The Labute approximate surface area is 107 Å². The Kier molecular flexibility index (Phi) is 3.82. The lowest BCUT2D eigenvalue weighted by Gasteiger charge is -2.26. The van der Waals surface area contributed by atoms with Gasteiger partial charge in [0.1, 0.15) is 5.41 Å². The van der Waals surface area contributed by atoms with E-state index in [9.17, 15) is 9.90 Å². The number of ether oxygens (including phenoxy) is 1. The standard InChI is InChI=1S/C15H18O3/c1-12(16)15(10-11-18-14(15)17)9-5-8-13-6-3-2-4-7-13/h2-8,12,16H,9-11H2,1H3/b8-5+/t12-,15-/m1/s1. The van der Waals surface area contributed by atoms with Gasteiger partial charge in [0, 0.05) is 6.42 Å². The summed E-state index contributed by atoms with van der Waals surface area (Å²) in [6.45, 7) is 2.06. The number of aliphatic hydroxyl groups is 1. The van der Waals surface area contributed by atoms with Crippen LogP contribution in [0.1, 0.15) is 25.3 Å². The molecule has 0 spiro atoms. The minimum Gasteiger partial charge on any atom is -0.465 e. The second-order valence-electron chi connectivity index (χ2n) is 4.74. The first kappa shape index (κ1) is 12.8. The third-order valence-electron chi connectivity index (χ3n) is 3.58. The largest absolute Gasteiger partial charge is 0.465 e. The van der Waals surface area contributed by atoms with Gasteiger partial charge in [-0.3, -0.25) is 4.79 Å². The van der Waals surface area contributed by atoms with Gasteiger partial charge in [-0.25, -0.2) is 0 Å². The Hall–Kier alpha value is -1.61. The maximum absolute atomic E-state index is 11.8. The van der Waals surface area contributed by atoms with Crippen molar-refractivity contribution in [3.05, 3.63) is 42.0 Å². The van der Waals surface area contributed by atoms with Gasteiger partial charge in [-0.1, -0.05) is 42.5 Å². The Balaban J connectivity index is 2.08. The quantitative estimate of drug-likeness (QED) is 0.830. The Morgan fingerprint density at radius 1 is 1.44 bits per heavy atom. The van der Waals surface area contributed by atoms with Crippen LogP contribution in [0.25, 0.3) is 6.08 Å². The first-order valence-electron chi connectivity index (χ1n) is 6.22. The van der Waals surface area contributed by atoms with Gasteiger partial charge in [-0.15, -0.1) is 0 Å². The first-order chi connectivity index (χ1) is 8.65. The molecule has 2 atom stereocenters. The molecule has 0 amide bonds. The number of hydrogen-bond acceptors (Lipinski definition) is 3. The highest BCUT2D eigenvalue weighted by atomic mass is 16.5. The van der Waals surface area contributed by atoms with Gasteiger partial charge >= 0.3 is 5.97 Å². The molecule has 3 nitrogen and oxygen atoms in total. The van der Waals surface area contributed by atoms with Gasteiger partial charge in [-0.05, 0) is 18.9 Å². The minimum absolute atomic E-state index is 0.282. The Bertz CT molecular complexity index is 436. The number of rotatable bonds is 4. The molecule has 3 heteroatoms. The number of carbonyl (C=O) groups excluding carboxylic acids is 1. The molecule has 0 aromatic heterocycles. The van der Waals surface area contributed by atoms with Crippen molar-refractivity contribution in [1.29, 1.82) is 0 Å². The number of aliphatic hydroxyl groups excluding tert-OH is 1. The van der Waals surface area contributed by atoms with Crippen LogP contribution in [0.4, 0.5) is 0 Å². The van der Waals surface area contributed by atoms with Crippen molar-refractivity contribution in [2.45, 2.75) is 25.9 Å². The smallest absolute Gasteiger partial charge is 0.315 e. The highest BCUT2D eigenvalue weighted by Gasteiger charge is 2.47. The number of allylic oxidation sites excluding steroid dienone is 1. The van der Waals surface area contributed by atoms with E-state index < -0.39 is 11.5 Å². The van der Waals surface area contributed by atoms with Crippen LogP contribution in [-0.4, -0.2) is 23.8 Å². The first-order valence-corrected chi connectivity index (χ1v) is 6.22. The maximum atomic E-state index is 11.8. The zero-order chi connectivity index (χ0) is 13.0. The van der Waals surface area contributed by atoms with E-state index in [0.29, 0.717) is 19.4 Å². The lowest BCUT2D eigenvalue weighted by atomic mass is 9.78. The van der Waals surface area contributed by atoms with E-state index in [1.165, 1.54) is 0 Å². The summed E-state index contributed by atoms with van der Waals surface area (Å²) in [7, 11) is 0. The van der Waals surface area contributed by atoms with Crippen LogP contribution in [0.3, 0.4) is 0 Å². The molecule has 1 aliphatic heterocycles. The highest BCUT2D eigenvalue weighted by Crippen LogP contribution is 2.37. The van der Waals surface area contributed by atoms with Crippen molar-refractivity contribution in [3.63, 3.8) is 0 Å². The average molecular weight is 246 g/mol. The van der Waals surface area contributed by atoms with Crippen molar-refractivity contribution >= 4 is 12.0 Å². The molecule has 0 bridgehead atoms. The van der Waals surface area contributed by atoms with E-state index in [1.807, 2.05) is 42.5 Å². The van der Waals surface area contributed by atoms with E-state index in [1.54, 1.807) is 6.92 Å². The van der Waals surface area contributed by atoms with Crippen LogP contribution in [0.2, 0.25) is 0 Å². The van der Waals surface area contributed by atoms with Gasteiger partial charge in [0.2, 0.25) is 0 Å². The third-order valence-corrected chi connectivity index (χ3v) is 3.58. The summed E-state index contributed by atoms with van der Waals surface area (Å²) in [5.74, 6) is -0.282. The minimum atomic E-state index is -0.759. The van der Waals surface area contributed by atoms with Gasteiger partial charge < -0.3 is 9.84 Å². The maximum Gasteiger partial charge on any atom is 0.315 e. The van der Waals surface area contributed by atoms with Gasteiger partial charge in [-0.2, -0.15) is 0 Å². The number of carbonyl (C=O) groups is 1. The van der Waals surface area contributed by atoms with Gasteiger partial charge in [0.15, 0.2) is 0 Å². The third kappa shape index (κ3) is 2.46. The lowest BCUT2D eigenvalue weighted by molar-refractivity contribution is -0.150. The van der Waals surface area contributed by atoms with Crippen LogP contribution in [0.5, 0.6) is 0 Å². The number of benzene rings is 1. The van der Waals surface area contributed by atoms with Crippen molar-refractivity contribution in [2.24, 2.45) is 5.41 Å². The van der Waals surface area contributed by atoms with Crippen molar-refractivity contribution in [1.82, 2.24) is 0 Å². The van der Waals surface area contributed by atoms with Crippen LogP contribution >= 0.6 is 0 Å². The second-order valence-corrected chi connectivity index (χ2v) is 4.74. The molecule has 1 heterocycles. The average Bonchev–Trinajstić information content (AvgIpc) is 2.73. The molecule has 96 valence electrons. The molecule has 1 saturated heterocycles. The van der Waals surface area contributed by atoms with Crippen LogP contribution in [0.15, 0.2) is 36.4 Å². The molecule has 1 aromatic carbocycles. The highest BCUT2D eigenvalue weighted by molar-refractivity contribution is 5.79. The Morgan fingerprint density at radius 2 is 2.17 bits per heavy atom. The van der Waals surface area contributed by atoms with Crippen LogP contribution in [0, 0.1) is 5.41 Å². The monoisotopic (exact) mass is 246 g/mol. The van der Waals surface area contributed by atoms with E-state index in [4.69, 9.17) is 4.74 Å². The van der Waals surface area contributed by atoms with E-state index in [2.05, 4.69) is 0 Å². The summed E-state index contributed by atoms with van der Waals surface area (Å²) in [4.78, 5) is 11.8. The summed E-state index contributed by atoms with van der Waals surface area (Å²) in [6.07, 6.45) is 4.32. The molecule has 0 radical (unpaired) electrons. The zero-order valence-corrected chi connectivity index (χ0v) is 10.5. The fraction of sp³-hybridized carbons (Fsp3) is 0.400. The number of esters is 1. The van der Waals surface area contributed by atoms with Crippen molar-refractivity contribution in [3.8, 4) is 0 Å². The Morgan fingerprint density at radius 3 is 2.72 bits per heavy atom. The van der Waals surface area contributed by atoms with Crippen molar-refractivity contribution in [2.75, 3.05) is 6.61 Å². The molecule has 1 fully saturated rings. The number of hydrogen-bond donors (Lipinski definition) is 1. The van der Waals surface area contributed by atoms with Crippen LogP contribution < -0.4 is 0 Å². The fourth-order valence-corrected chi connectivity index (χ4v) is 2.28. The topological polar surface area (TPSA) is 46.5 Å². The SMILES string of the molecule is C[C@@H](O)[C@@]1(C/C=C/c2ccccc2)CCOC1=O. The molecular formula is C15H18O3. The molecule has 1 N–H and O–H groups in total. The molecular weight excluding hydrogens is 228 g/mol. The predicted octanol–water partition coefficient (Wildman–Crippen LogP) is 2.40. The fourth-order valence-electron chi connectivity index (χ4n) is 2.28. The predicted molar refractivity (Wildman–Crippen MR) is 69.8 cm³/mol. The lowest BCUT2D eigenvalue weighted by Crippen LogP contribution is -2.37. The van der Waals surface area contributed by atoms with Gasteiger partial charge in [0.05, 0.1) is 12.7 Å². The van der Waals surface area contributed by atoms with E-state index >= 15 is 0 Å². The molecule has 2 rings (SSSR count). The summed E-state index contributed by atoms with van der Waals surface area (Å²) in [5, 5.41) is 9.84. The summed E-state index contributed by atoms with van der Waals surface area (Å²) >= 11 is 0. The molecule has 1 aliphatic rings. The summed E-state index contributed by atoms with van der Waals surface area (Å²) in [5.41, 5.74) is 0.329. The zero-order valence-electron chi connectivity index (χ0n) is 10.5. The summed E-state index contributed by atoms with van der Waals surface area (Å²) in [6, 6.07) is 9.89. The van der Waals surface area contributed by atoms with Crippen LogP contribution in [-0.2, 0) is 9.53 Å². The van der Waals surface area contributed by atoms with Crippen molar-refractivity contribution < 1.29 is 14.6 Å². The summed E-state index contributed by atoms with van der Waals surface area (Å²) < 4.78 is 5.00. The van der Waals surface area contributed by atoms with Gasteiger partial charge in [0.25, 0.3) is 0 Å². The molecule has 1 aromatic rings. The van der Waals surface area contributed by atoms with E-state index in [0.717, 1.165) is 5.56 Å². The molecule has 18 heavy (non-hydrogen) atoms. The molecule has 0 aliphatic carbocycles. The second kappa shape index (κ2) is 5.36. The normalized spacial score (nSPS) is 25.3. The van der Waals surface area contributed by atoms with E-state index in [-0.39, 0.29) is 5.97 Å². The molecule has 0 unspecified atom stereocenters. The molecule has 0 saturated carbocycles. The number of cyclic esters (lactones) is 1.